The van der Waals surface area contributed by atoms with Crippen molar-refractivity contribution in [3.8, 4) is 0 Å². The average Bonchev–Trinajstić information content (AvgIpc) is 2.56. The van der Waals surface area contributed by atoms with Gasteiger partial charge in [0.1, 0.15) is 0 Å². The highest BCUT2D eigenvalue weighted by molar-refractivity contribution is 8.00. The highest BCUT2D eigenvalue weighted by Gasteiger charge is 2.10. The summed E-state index contributed by atoms with van der Waals surface area (Å²) in [6.45, 7) is 3.68. The molecule has 0 atom stereocenters. The first kappa shape index (κ1) is 18.4. The Bertz CT molecular complexity index is 732. The van der Waals surface area contributed by atoms with Crippen LogP contribution in [0.15, 0.2) is 47.4 Å². The molecular formula is C18H18ClNO3S. The lowest BCUT2D eigenvalue weighted by Gasteiger charge is -2.08. The van der Waals surface area contributed by atoms with E-state index in [-0.39, 0.29) is 18.3 Å². The molecular weight excluding hydrogens is 346 g/mol. The van der Waals surface area contributed by atoms with Gasteiger partial charge in [-0.15, -0.1) is 11.8 Å². The third kappa shape index (κ3) is 5.91. The highest BCUT2D eigenvalue weighted by atomic mass is 35.5. The fourth-order valence-corrected chi connectivity index (χ4v) is 2.97. The van der Waals surface area contributed by atoms with E-state index >= 15 is 0 Å². The molecule has 0 heterocycles. The number of esters is 1. The van der Waals surface area contributed by atoms with E-state index in [1.165, 1.54) is 11.8 Å². The minimum atomic E-state index is -0.424. The van der Waals surface area contributed by atoms with E-state index in [2.05, 4.69) is 5.32 Å². The first-order chi connectivity index (χ1) is 11.4. The second-order valence-electron chi connectivity index (χ2n) is 5.27. The Labute approximate surface area is 150 Å². The summed E-state index contributed by atoms with van der Waals surface area (Å²) in [7, 11) is 0. The number of nitrogens with one attached hydrogen (secondary N) is 1. The summed E-state index contributed by atoms with van der Waals surface area (Å²) in [6, 6.07) is 12.8. The second kappa shape index (κ2) is 8.76. The van der Waals surface area contributed by atoms with E-state index in [0.29, 0.717) is 10.7 Å². The van der Waals surface area contributed by atoms with E-state index < -0.39 is 5.97 Å². The fourth-order valence-electron chi connectivity index (χ4n) is 1.92. The third-order valence-electron chi connectivity index (χ3n) is 3.18. The van der Waals surface area contributed by atoms with Crippen molar-refractivity contribution in [1.29, 1.82) is 0 Å². The molecule has 1 amide bonds. The highest BCUT2D eigenvalue weighted by Crippen LogP contribution is 2.23. The number of hydrogen-bond acceptors (Lipinski definition) is 4. The van der Waals surface area contributed by atoms with Gasteiger partial charge in [0, 0.05) is 15.6 Å². The maximum Gasteiger partial charge on any atom is 0.316 e. The minimum absolute atomic E-state index is 0.165. The van der Waals surface area contributed by atoms with E-state index in [9.17, 15) is 9.59 Å². The fraction of sp³-hybridized carbons (Fsp3) is 0.222. The van der Waals surface area contributed by atoms with Gasteiger partial charge >= 0.3 is 5.97 Å². The number of benzene rings is 2. The standard InChI is InChI=1S/C18H18ClNO3S/c1-12-3-4-13(2)16(9-12)24-11-18(22)23-10-17(21)20-15-7-5-14(19)6-8-15/h3-9H,10-11H2,1-2H3,(H,20,21). The molecule has 0 aliphatic rings. The number of carbonyl (C=O) groups excluding carboxylic acids is 2. The normalized spacial score (nSPS) is 10.3. The monoisotopic (exact) mass is 363 g/mol. The van der Waals surface area contributed by atoms with Gasteiger partial charge < -0.3 is 10.1 Å². The van der Waals surface area contributed by atoms with Crippen LogP contribution in [0, 0.1) is 13.8 Å². The number of halogens is 1. The van der Waals surface area contributed by atoms with Gasteiger partial charge in [0.05, 0.1) is 5.75 Å². The zero-order valence-corrected chi connectivity index (χ0v) is 15.0. The maximum atomic E-state index is 11.8. The van der Waals surface area contributed by atoms with Gasteiger partial charge in [-0.25, -0.2) is 0 Å². The topological polar surface area (TPSA) is 55.4 Å². The van der Waals surface area contributed by atoms with Crippen molar-refractivity contribution >= 4 is 40.9 Å². The molecule has 0 spiro atoms. The summed E-state index contributed by atoms with van der Waals surface area (Å²) in [5.74, 6) is -0.645. The number of hydrogen-bond donors (Lipinski definition) is 1. The van der Waals surface area contributed by atoms with E-state index in [1.54, 1.807) is 24.3 Å². The van der Waals surface area contributed by atoms with E-state index in [1.807, 2.05) is 32.0 Å². The van der Waals surface area contributed by atoms with Crippen LogP contribution in [0.2, 0.25) is 5.02 Å². The van der Waals surface area contributed by atoms with Crippen molar-refractivity contribution in [1.82, 2.24) is 0 Å². The number of ether oxygens (including phenoxy) is 1. The van der Waals surface area contributed by atoms with Crippen molar-refractivity contribution in [3.05, 3.63) is 58.6 Å². The molecule has 0 saturated carbocycles. The summed E-state index contributed by atoms with van der Waals surface area (Å²) in [5.41, 5.74) is 2.85. The molecule has 0 fully saturated rings. The van der Waals surface area contributed by atoms with Crippen LogP contribution in [0.5, 0.6) is 0 Å². The number of amides is 1. The zero-order chi connectivity index (χ0) is 17.5. The van der Waals surface area contributed by atoms with Gasteiger partial charge in [0.2, 0.25) is 0 Å². The third-order valence-corrected chi connectivity index (χ3v) is 4.56. The molecule has 2 rings (SSSR count). The zero-order valence-electron chi connectivity index (χ0n) is 13.5. The first-order valence-electron chi connectivity index (χ1n) is 7.35. The molecule has 24 heavy (non-hydrogen) atoms. The predicted molar refractivity (Wildman–Crippen MR) is 97.7 cm³/mol. The van der Waals surface area contributed by atoms with Crippen LogP contribution in [0.4, 0.5) is 5.69 Å². The van der Waals surface area contributed by atoms with Crippen molar-refractivity contribution < 1.29 is 14.3 Å². The average molecular weight is 364 g/mol. The van der Waals surface area contributed by atoms with Crippen molar-refractivity contribution in [2.45, 2.75) is 18.7 Å². The number of aryl methyl sites for hydroxylation is 2. The number of carbonyl (C=O) groups is 2. The second-order valence-corrected chi connectivity index (χ2v) is 6.73. The summed E-state index contributed by atoms with van der Waals surface area (Å²) < 4.78 is 4.99. The van der Waals surface area contributed by atoms with Crippen LogP contribution < -0.4 is 5.32 Å². The smallest absolute Gasteiger partial charge is 0.316 e. The van der Waals surface area contributed by atoms with Gasteiger partial charge in [-0.1, -0.05) is 29.3 Å². The van der Waals surface area contributed by atoms with Gasteiger partial charge in [-0.3, -0.25) is 9.59 Å². The predicted octanol–water partition coefficient (Wildman–Crippen LogP) is 4.23. The first-order valence-corrected chi connectivity index (χ1v) is 8.71. The number of thioether (sulfide) groups is 1. The van der Waals surface area contributed by atoms with Gasteiger partial charge in [-0.05, 0) is 49.7 Å². The van der Waals surface area contributed by atoms with Crippen molar-refractivity contribution in [2.75, 3.05) is 17.7 Å². The number of rotatable bonds is 6. The SMILES string of the molecule is Cc1ccc(C)c(SCC(=O)OCC(=O)Nc2ccc(Cl)cc2)c1. The van der Waals surface area contributed by atoms with Crippen LogP contribution >= 0.6 is 23.4 Å². The molecule has 2 aromatic rings. The summed E-state index contributed by atoms with van der Waals surface area (Å²) in [5, 5.41) is 3.22. The lowest BCUT2D eigenvalue weighted by atomic mass is 10.2. The molecule has 0 bridgehead atoms. The molecule has 0 unspecified atom stereocenters. The molecule has 6 heteroatoms. The molecule has 0 saturated heterocycles. The molecule has 0 aliphatic carbocycles. The Morgan fingerprint density at radius 1 is 1.12 bits per heavy atom. The quantitative estimate of drug-likeness (QED) is 0.616. The Morgan fingerprint density at radius 2 is 1.83 bits per heavy atom. The van der Waals surface area contributed by atoms with E-state index in [0.717, 1.165) is 16.0 Å². The van der Waals surface area contributed by atoms with Crippen LogP contribution in [0.1, 0.15) is 11.1 Å². The van der Waals surface area contributed by atoms with Gasteiger partial charge in [-0.2, -0.15) is 0 Å². The Morgan fingerprint density at radius 3 is 2.54 bits per heavy atom. The molecule has 1 N–H and O–H groups in total. The minimum Gasteiger partial charge on any atom is -0.455 e. The van der Waals surface area contributed by atoms with Gasteiger partial charge in [0.25, 0.3) is 5.91 Å². The Hall–Kier alpha value is -1.98. The summed E-state index contributed by atoms with van der Waals surface area (Å²) >= 11 is 7.18. The van der Waals surface area contributed by atoms with Crippen LogP contribution in [-0.4, -0.2) is 24.2 Å². The van der Waals surface area contributed by atoms with Crippen LogP contribution in [-0.2, 0) is 14.3 Å². The Balaban J connectivity index is 1.75. The van der Waals surface area contributed by atoms with Crippen LogP contribution in [0.3, 0.4) is 0 Å². The van der Waals surface area contributed by atoms with Crippen LogP contribution in [0.25, 0.3) is 0 Å². The van der Waals surface area contributed by atoms with E-state index in [4.69, 9.17) is 16.3 Å². The molecule has 4 nitrogen and oxygen atoms in total. The molecule has 2 aromatic carbocycles. The Kier molecular flexibility index (Phi) is 6.70. The number of anilines is 1. The molecule has 0 aliphatic heterocycles. The lowest BCUT2D eigenvalue weighted by molar-refractivity contribution is -0.144. The maximum absolute atomic E-state index is 11.8. The van der Waals surface area contributed by atoms with Gasteiger partial charge in [0.15, 0.2) is 6.61 Å². The largest absolute Gasteiger partial charge is 0.455 e. The summed E-state index contributed by atoms with van der Waals surface area (Å²) in [4.78, 5) is 24.6. The molecule has 0 radical (unpaired) electrons. The summed E-state index contributed by atoms with van der Waals surface area (Å²) in [6.07, 6.45) is 0. The lowest BCUT2D eigenvalue weighted by Crippen LogP contribution is -2.21. The van der Waals surface area contributed by atoms with Crippen molar-refractivity contribution in [3.63, 3.8) is 0 Å². The van der Waals surface area contributed by atoms with Crippen molar-refractivity contribution in [2.24, 2.45) is 0 Å². The molecule has 0 aromatic heterocycles. The molecule has 126 valence electrons.